The molecule has 0 radical (unpaired) electrons. The van der Waals surface area contributed by atoms with E-state index < -0.39 is 0 Å². The third kappa shape index (κ3) is 6.55. The normalized spacial score (nSPS) is 22.3. The van der Waals surface area contributed by atoms with Gasteiger partial charge in [0.15, 0.2) is 0 Å². The molecule has 1 aliphatic rings. The standard InChI is InChI=1S/C16H32N2O/c1-4-7-8-9-15(17-10-5-2)16-14-18(11-6-3)12-13-19-16/h4,15-17H,1,5-14H2,2-3H3. The summed E-state index contributed by atoms with van der Waals surface area (Å²) in [5.74, 6) is 0. The van der Waals surface area contributed by atoms with E-state index in [4.69, 9.17) is 4.74 Å². The minimum Gasteiger partial charge on any atom is -0.374 e. The Morgan fingerprint density at radius 1 is 1.42 bits per heavy atom. The molecule has 1 rings (SSSR count). The second-order valence-corrected chi connectivity index (χ2v) is 5.49. The fourth-order valence-electron chi connectivity index (χ4n) is 2.73. The van der Waals surface area contributed by atoms with E-state index in [1.54, 1.807) is 0 Å². The quantitative estimate of drug-likeness (QED) is 0.487. The maximum Gasteiger partial charge on any atom is 0.0855 e. The number of hydrogen-bond acceptors (Lipinski definition) is 3. The van der Waals surface area contributed by atoms with Crippen LogP contribution in [0, 0.1) is 0 Å². The van der Waals surface area contributed by atoms with Crippen molar-refractivity contribution < 1.29 is 4.74 Å². The highest BCUT2D eigenvalue weighted by Gasteiger charge is 2.26. The molecule has 1 aliphatic heterocycles. The van der Waals surface area contributed by atoms with Crippen LogP contribution in [0.3, 0.4) is 0 Å². The van der Waals surface area contributed by atoms with Gasteiger partial charge in [0, 0.05) is 19.1 Å². The Labute approximate surface area is 119 Å². The van der Waals surface area contributed by atoms with Crippen LogP contribution in [0.5, 0.6) is 0 Å². The van der Waals surface area contributed by atoms with E-state index >= 15 is 0 Å². The van der Waals surface area contributed by atoms with Crippen LogP contribution in [0.25, 0.3) is 0 Å². The zero-order chi connectivity index (χ0) is 13.9. The monoisotopic (exact) mass is 268 g/mol. The molecule has 112 valence electrons. The molecule has 19 heavy (non-hydrogen) atoms. The van der Waals surface area contributed by atoms with Gasteiger partial charge in [0.1, 0.15) is 0 Å². The van der Waals surface area contributed by atoms with Gasteiger partial charge in [-0.1, -0.05) is 19.9 Å². The zero-order valence-corrected chi connectivity index (χ0v) is 12.9. The molecule has 2 atom stereocenters. The van der Waals surface area contributed by atoms with Crippen molar-refractivity contribution in [3.63, 3.8) is 0 Å². The topological polar surface area (TPSA) is 24.5 Å². The molecule has 0 bridgehead atoms. The van der Waals surface area contributed by atoms with Gasteiger partial charge in [0.25, 0.3) is 0 Å². The smallest absolute Gasteiger partial charge is 0.0855 e. The Bertz CT molecular complexity index is 231. The minimum atomic E-state index is 0.358. The third-order valence-corrected chi connectivity index (χ3v) is 3.75. The Kier molecular flexibility index (Phi) is 9.14. The van der Waals surface area contributed by atoms with E-state index in [0.717, 1.165) is 32.7 Å². The lowest BCUT2D eigenvalue weighted by Gasteiger charge is -2.37. The van der Waals surface area contributed by atoms with Gasteiger partial charge in [0.2, 0.25) is 0 Å². The van der Waals surface area contributed by atoms with Crippen LogP contribution in [-0.4, -0.2) is 49.8 Å². The van der Waals surface area contributed by atoms with E-state index in [1.165, 1.54) is 32.2 Å². The highest BCUT2D eigenvalue weighted by molar-refractivity contribution is 4.83. The Balaban J connectivity index is 2.43. The van der Waals surface area contributed by atoms with Gasteiger partial charge in [-0.3, -0.25) is 4.90 Å². The van der Waals surface area contributed by atoms with Crippen molar-refractivity contribution in [2.45, 2.75) is 58.1 Å². The van der Waals surface area contributed by atoms with Gasteiger partial charge in [0.05, 0.1) is 12.7 Å². The lowest BCUT2D eigenvalue weighted by Crippen LogP contribution is -2.52. The van der Waals surface area contributed by atoms with Gasteiger partial charge < -0.3 is 10.1 Å². The Hall–Kier alpha value is -0.380. The molecule has 1 heterocycles. The van der Waals surface area contributed by atoms with E-state index in [0.29, 0.717) is 12.1 Å². The molecule has 0 aliphatic carbocycles. The van der Waals surface area contributed by atoms with Gasteiger partial charge in [-0.05, 0) is 45.2 Å². The molecule has 0 aromatic heterocycles. The average molecular weight is 268 g/mol. The average Bonchev–Trinajstić information content (AvgIpc) is 2.43. The van der Waals surface area contributed by atoms with Gasteiger partial charge >= 0.3 is 0 Å². The first-order valence-corrected chi connectivity index (χ1v) is 8.00. The molecule has 1 N–H and O–H groups in total. The number of nitrogens with zero attached hydrogens (tertiary/aromatic N) is 1. The molecule has 1 saturated heterocycles. The van der Waals surface area contributed by atoms with Crippen LogP contribution in [0.15, 0.2) is 12.7 Å². The van der Waals surface area contributed by atoms with E-state index in [1.807, 2.05) is 6.08 Å². The predicted molar refractivity (Wildman–Crippen MR) is 82.6 cm³/mol. The van der Waals surface area contributed by atoms with Crippen molar-refractivity contribution in [3.8, 4) is 0 Å². The third-order valence-electron chi connectivity index (χ3n) is 3.75. The largest absolute Gasteiger partial charge is 0.374 e. The minimum absolute atomic E-state index is 0.358. The number of rotatable bonds is 10. The molecule has 3 nitrogen and oxygen atoms in total. The number of allylic oxidation sites excluding steroid dienone is 1. The van der Waals surface area contributed by atoms with Crippen molar-refractivity contribution in [1.29, 1.82) is 0 Å². The van der Waals surface area contributed by atoms with E-state index in [2.05, 4.69) is 30.6 Å². The number of nitrogens with one attached hydrogen (secondary N) is 1. The van der Waals surface area contributed by atoms with Crippen LogP contribution >= 0.6 is 0 Å². The SMILES string of the molecule is C=CCCCC(NCCC)C1CN(CCC)CCO1. The summed E-state index contributed by atoms with van der Waals surface area (Å²) in [6.45, 7) is 13.6. The van der Waals surface area contributed by atoms with Crippen molar-refractivity contribution in [2.75, 3.05) is 32.8 Å². The van der Waals surface area contributed by atoms with Gasteiger partial charge in [-0.15, -0.1) is 6.58 Å². The van der Waals surface area contributed by atoms with Crippen LogP contribution in [-0.2, 0) is 4.74 Å². The number of ether oxygens (including phenoxy) is 1. The van der Waals surface area contributed by atoms with E-state index in [-0.39, 0.29) is 0 Å². The number of hydrogen-bond donors (Lipinski definition) is 1. The molecule has 0 spiro atoms. The summed E-state index contributed by atoms with van der Waals surface area (Å²) in [5, 5.41) is 3.67. The fraction of sp³-hybridized carbons (Fsp3) is 0.875. The molecule has 0 saturated carbocycles. The van der Waals surface area contributed by atoms with Crippen molar-refractivity contribution in [1.82, 2.24) is 10.2 Å². The summed E-state index contributed by atoms with van der Waals surface area (Å²) in [6, 6.07) is 0.500. The first kappa shape index (κ1) is 16.7. The summed E-state index contributed by atoms with van der Waals surface area (Å²) in [4.78, 5) is 2.54. The first-order chi connectivity index (χ1) is 9.31. The molecule has 2 unspecified atom stereocenters. The van der Waals surface area contributed by atoms with Crippen LogP contribution in [0.4, 0.5) is 0 Å². The van der Waals surface area contributed by atoms with Crippen LogP contribution < -0.4 is 5.32 Å². The summed E-state index contributed by atoms with van der Waals surface area (Å²) in [6.07, 6.45) is 8.29. The van der Waals surface area contributed by atoms with Crippen LogP contribution in [0.1, 0.15) is 46.0 Å². The predicted octanol–water partition coefficient (Wildman–Crippen LogP) is 2.82. The summed E-state index contributed by atoms with van der Waals surface area (Å²) in [5.41, 5.74) is 0. The lowest BCUT2D eigenvalue weighted by molar-refractivity contribution is -0.0477. The van der Waals surface area contributed by atoms with Crippen molar-refractivity contribution >= 4 is 0 Å². The first-order valence-electron chi connectivity index (χ1n) is 8.00. The zero-order valence-electron chi connectivity index (χ0n) is 12.9. The van der Waals surface area contributed by atoms with Crippen molar-refractivity contribution in [2.24, 2.45) is 0 Å². The summed E-state index contributed by atoms with van der Waals surface area (Å²) >= 11 is 0. The maximum atomic E-state index is 6.01. The van der Waals surface area contributed by atoms with Gasteiger partial charge in [-0.25, -0.2) is 0 Å². The summed E-state index contributed by atoms with van der Waals surface area (Å²) < 4.78 is 6.01. The summed E-state index contributed by atoms with van der Waals surface area (Å²) in [7, 11) is 0. The molecule has 0 aromatic carbocycles. The van der Waals surface area contributed by atoms with Gasteiger partial charge in [-0.2, -0.15) is 0 Å². The fourth-order valence-corrected chi connectivity index (χ4v) is 2.73. The molecule has 0 amide bonds. The second kappa shape index (κ2) is 10.4. The molecule has 0 aromatic rings. The Morgan fingerprint density at radius 2 is 2.26 bits per heavy atom. The molecular weight excluding hydrogens is 236 g/mol. The number of morpholine rings is 1. The highest BCUT2D eigenvalue weighted by atomic mass is 16.5. The molecular formula is C16H32N2O. The number of unbranched alkanes of at least 4 members (excludes halogenated alkanes) is 1. The maximum absolute atomic E-state index is 6.01. The van der Waals surface area contributed by atoms with Crippen LogP contribution in [0.2, 0.25) is 0 Å². The Morgan fingerprint density at radius 3 is 2.95 bits per heavy atom. The lowest BCUT2D eigenvalue weighted by atomic mass is 10.0. The second-order valence-electron chi connectivity index (χ2n) is 5.49. The highest BCUT2D eigenvalue weighted by Crippen LogP contribution is 2.14. The molecule has 1 fully saturated rings. The van der Waals surface area contributed by atoms with Crippen molar-refractivity contribution in [3.05, 3.63) is 12.7 Å². The molecule has 3 heteroatoms. The van der Waals surface area contributed by atoms with E-state index in [9.17, 15) is 0 Å².